The molecule has 100 valence electrons. The van der Waals surface area contributed by atoms with E-state index < -0.39 is 5.97 Å². The molecule has 0 unspecified atom stereocenters. The molecule has 0 saturated carbocycles. The Kier molecular flexibility index (Phi) is 4.16. The summed E-state index contributed by atoms with van der Waals surface area (Å²) in [4.78, 5) is 15.0. The third-order valence-electron chi connectivity index (χ3n) is 3.45. The minimum absolute atomic E-state index is 0.0786. The molecular weight excluding hydrogens is 230 g/mol. The van der Waals surface area contributed by atoms with E-state index in [9.17, 15) is 4.79 Å². The number of hydrogen-bond acceptors (Lipinski definition) is 4. The SMILES string of the molecule is CC(C)C(C)(C)CNc1cc(C(=O)O)c(N)cn1. The average molecular weight is 251 g/mol. The third-order valence-corrected chi connectivity index (χ3v) is 3.45. The van der Waals surface area contributed by atoms with Crippen LogP contribution in [0.3, 0.4) is 0 Å². The van der Waals surface area contributed by atoms with Crippen LogP contribution in [0.4, 0.5) is 11.5 Å². The van der Waals surface area contributed by atoms with Crippen LogP contribution in [-0.2, 0) is 0 Å². The van der Waals surface area contributed by atoms with Gasteiger partial charge in [-0.2, -0.15) is 0 Å². The molecule has 0 aliphatic rings. The zero-order valence-electron chi connectivity index (χ0n) is 11.3. The number of nitrogens with zero attached hydrogens (tertiary/aromatic N) is 1. The van der Waals surface area contributed by atoms with Gasteiger partial charge in [0.15, 0.2) is 0 Å². The van der Waals surface area contributed by atoms with Crippen LogP contribution in [0.25, 0.3) is 0 Å². The Labute approximate surface area is 107 Å². The van der Waals surface area contributed by atoms with Gasteiger partial charge in [-0.3, -0.25) is 0 Å². The molecule has 1 aromatic rings. The number of aromatic nitrogens is 1. The van der Waals surface area contributed by atoms with E-state index in [1.54, 1.807) is 0 Å². The van der Waals surface area contributed by atoms with E-state index in [0.717, 1.165) is 6.54 Å². The predicted octanol–water partition coefficient (Wildman–Crippen LogP) is 2.46. The molecule has 0 spiro atoms. The van der Waals surface area contributed by atoms with Crippen LogP contribution >= 0.6 is 0 Å². The van der Waals surface area contributed by atoms with Crippen molar-refractivity contribution >= 4 is 17.5 Å². The van der Waals surface area contributed by atoms with Gasteiger partial charge in [-0.15, -0.1) is 0 Å². The molecule has 0 fully saturated rings. The highest BCUT2D eigenvalue weighted by atomic mass is 16.4. The maximum absolute atomic E-state index is 10.9. The van der Waals surface area contributed by atoms with Gasteiger partial charge in [0.25, 0.3) is 0 Å². The molecule has 0 aromatic carbocycles. The van der Waals surface area contributed by atoms with Gasteiger partial charge >= 0.3 is 5.97 Å². The minimum atomic E-state index is -1.04. The number of carboxylic acid groups (broad SMARTS) is 1. The molecule has 5 nitrogen and oxygen atoms in total. The Morgan fingerprint density at radius 2 is 2.17 bits per heavy atom. The van der Waals surface area contributed by atoms with Crippen molar-refractivity contribution in [2.45, 2.75) is 27.7 Å². The number of rotatable bonds is 5. The summed E-state index contributed by atoms with van der Waals surface area (Å²) in [6.07, 6.45) is 1.37. The summed E-state index contributed by atoms with van der Waals surface area (Å²) >= 11 is 0. The van der Waals surface area contributed by atoms with Gasteiger partial charge in [-0.05, 0) is 17.4 Å². The first-order valence-electron chi connectivity index (χ1n) is 5.96. The van der Waals surface area contributed by atoms with Crippen molar-refractivity contribution in [1.29, 1.82) is 0 Å². The maximum atomic E-state index is 10.9. The van der Waals surface area contributed by atoms with E-state index >= 15 is 0 Å². The number of nitrogens with one attached hydrogen (secondary N) is 1. The highest BCUT2D eigenvalue weighted by molar-refractivity contribution is 5.94. The molecule has 0 aliphatic heterocycles. The Balaban J connectivity index is 2.81. The Hall–Kier alpha value is -1.78. The van der Waals surface area contributed by atoms with E-state index in [1.165, 1.54) is 12.3 Å². The molecule has 1 aromatic heterocycles. The number of aromatic carboxylic acids is 1. The first-order chi connectivity index (χ1) is 8.24. The van der Waals surface area contributed by atoms with Crippen molar-refractivity contribution in [2.24, 2.45) is 11.3 Å². The number of carbonyl (C=O) groups is 1. The van der Waals surface area contributed by atoms with Crippen LogP contribution in [0.5, 0.6) is 0 Å². The summed E-state index contributed by atoms with van der Waals surface area (Å²) in [7, 11) is 0. The summed E-state index contributed by atoms with van der Waals surface area (Å²) in [5, 5.41) is 12.1. The van der Waals surface area contributed by atoms with E-state index in [1.807, 2.05) is 0 Å². The largest absolute Gasteiger partial charge is 0.478 e. The fraction of sp³-hybridized carbons (Fsp3) is 0.538. The lowest BCUT2D eigenvalue weighted by molar-refractivity contribution is 0.0698. The second-order valence-electron chi connectivity index (χ2n) is 5.46. The van der Waals surface area contributed by atoms with Crippen molar-refractivity contribution < 1.29 is 9.90 Å². The zero-order valence-corrected chi connectivity index (χ0v) is 11.3. The highest BCUT2D eigenvalue weighted by Gasteiger charge is 2.22. The minimum Gasteiger partial charge on any atom is -0.478 e. The standard InChI is InChI=1S/C13H21N3O2/c1-8(2)13(3,4)7-16-11-5-9(12(17)18)10(14)6-15-11/h5-6,8H,7,14H2,1-4H3,(H,15,16)(H,17,18). The van der Waals surface area contributed by atoms with Crippen LogP contribution in [0.15, 0.2) is 12.3 Å². The average Bonchev–Trinajstić information content (AvgIpc) is 2.27. The molecule has 0 atom stereocenters. The van der Waals surface area contributed by atoms with Crippen LogP contribution < -0.4 is 11.1 Å². The molecule has 18 heavy (non-hydrogen) atoms. The van der Waals surface area contributed by atoms with Crippen molar-refractivity contribution in [3.63, 3.8) is 0 Å². The van der Waals surface area contributed by atoms with E-state index in [4.69, 9.17) is 10.8 Å². The van der Waals surface area contributed by atoms with Gasteiger partial charge in [0.05, 0.1) is 17.4 Å². The lowest BCUT2D eigenvalue weighted by Gasteiger charge is -2.29. The lowest BCUT2D eigenvalue weighted by Crippen LogP contribution is -2.28. The van der Waals surface area contributed by atoms with Crippen molar-refractivity contribution in [2.75, 3.05) is 17.6 Å². The third kappa shape index (κ3) is 3.35. The van der Waals surface area contributed by atoms with Gasteiger partial charge in [-0.1, -0.05) is 27.7 Å². The number of carboxylic acids is 1. The first kappa shape index (κ1) is 14.3. The topological polar surface area (TPSA) is 88.2 Å². The lowest BCUT2D eigenvalue weighted by atomic mass is 9.81. The number of nitrogen functional groups attached to an aromatic ring is 1. The second kappa shape index (κ2) is 5.25. The number of nitrogens with two attached hydrogens (primary N) is 1. The number of pyridine rings is 1. The molecule has 1 heterocycles. The van der Waals surface area contributed by atoms with Gasteiger partial charge in [0.1, 0.15) is 5.82 Å². The molecule has 0 saturated heterocycles. The number of hydrogen-bond donors (Lipinski definition) is 3. The second-order valence-corrected chi connectivity index (χ2v) is 5.46. The zero-order chi connectivity index (χ0) is 13.9. The number of anilines is 2. The quantitative estimate of drug-likeness (QED) is 0.748. The van der Waals surface area contributed by atoms with E-state index in [2.05, 4.69) is 38.0 Å². The maximum Gasteiger partial charge on any atom is 0.337 e. The molecule has 1 rings (SSSR count). The molecule has 4 N–H and O–H groups in total. The smallest absolute Gasteiger partial charge is 0.337 e. The predicted molar refractivity (Wildman–Crippen MR) is 72.7 cm³/mol. The summed E-state index contributed by atoms with van der Waals surface area (Å²) in [5.41, 5.74) is 5.91. The van der Waals surface area contributed by atoms with Crippen molar-refractivity contribution in [3.05, 3.63) is 17.8 Å². The van der Waals surface area contributed by atoms with Crippen LogP contribution in [0.1, 0.15) is 38.1 Å². The fourth-order valence-electron chi connectivity index (χ4n) is 1.27. The summed E-state index contributed by atoms with van der Waals surface area (Å²) < 4.78 is 0. The van der Waals surface area contributed by atoms with Crippen LogP contribution in [0.2, 0.25) is 0 Å². The van der Waals surface area contributed by atoms with Gasteiger partial charge in [-0.25, -0.2) is 9.78 Å². The molecule has 0 aliphatic carbocycles. The fourth-order valence-corrected chi connectivity index (χ4v) is 1.27. The normalized spacial score (nSPS) is 11.6. The van der Waals surface area contributed by atoms with Crippen molar-refractivity contribution in [1.82, 2.24) is 4.98 Å². The monoisotopic (exact) mass is 251 g/mol. The Morgan fingerprint density at radius 1 is 1.56 bits per heavy atom. The van der Waals surface area contributed by atoms with Gasteiger partial charge in [0, 0.05) is 6.54 Å². The Bertz CT molecular complexity index is 442. The molecular formula is C13H21N3O2. The summed E-state index contributed by atoms with van der Waals surface area (Å²) in [6, 6.07) is 1.47. The van der Waals surface area contributed by atoms with Gasteiger partial charge in [0.2, 0.25) is 0 Å². The first-order valence-corrected chi connectivity index (χ1v) is 5.96. The van der Waals surface area contributed by atoms with Crippen LogP contribution in [-0.4, -0.2) is 22.6 Å². The summed E-state index contributed by atoms with van der Waals surface area (Å²) in [5.74, 6) is 0.00845. The van der Waals surface area contributed by atoms with E-state index in [0.29, 0.717) is 11.7 Å². The summed E-state index contributed by atoms with van der Waals surface area (Å²) in [6.45, 7) is 9.34. The van der Waals surface area contributed by atoms with E-state index in [-0.39, 0.29) is 16.7 Å². The molecule has 0 amide bonds. The van der Waals surface area contributed by atoms with Gasteiger partial charge < -0.3 is 16.2 Å². The molecule has 5 heteroatoms. The molecule has 0 radical (unpaired) electrons. The van der Waals surface area contributed by atoms with Crippen molar-refractivity contribution in [3.8, 4) is 0 Å². The van der Waals surface area contributed by atoms with Crippen LogP contribution in [0, 0.1) is 11.3 Å². The highest BCUT2D eigenvalue weighted by Crippen LogP contribution is 2.26. The Morgan fingerprint density at radius 3 is 2.67 bits per heavy atom. The molecule has 0 bridgehead atoms.